The van der Waals surface area contributed by atoms with Gasteiger partial charge in [0.25, 0.3) is 0 Å². The van der Waals surface area contributed by atoms with Crippen LogP contribution in [0.5, 0.6) is 0 Å². The molecule has 0 atom stereocenters. The number of rotatable bonds is 5. The number of aliphatic imine (C=N–C) groups is 1. The molecule has 7 heteroatoms. The van der Waals surface area contributed by atoms with E-state index in [0.29, 0.717) is 17.4 Å². The van der Waals surface area contributed by atoms with E-state index in [1.54, 1.807) is 24.3 Å². The van der Waals surface area contributed by atoms with Crippen LogP contribution in [0.3, 0.4) is 0 Å². The zero-order valence-electron chi connectivity index (χ0n) is 13.9. The molecule has 132 valence electrons. The van der Waals surface area contributed by atoms with Crippen molar-refractivity contribution in [2.24, 2.45) is 10.7 Å². The minimum atomic E-state index is -3.38. The first kappa shape index (κ1) is 17.2. The standard InChI is InChI=1S/C17H26N4O2S/c18-17(21-11-3-1-2-4-12-21)19-13-14-5-9-16(10-6-14)24(22,23)20-15-7-8-15/h5-6,9-10,15,20H,1-4,7-8,11-13H2,(H2,18,19). The Hall–Kier alpha value is -1.60. The SMILES string of the molecule is NC(=NCc1ccc(S(=O)(=O)NC2CC2)cc1)N1CCCCCC1. The highest BCUT2D eigenvalue weighted by atomic mass is 32.2. The fourth-order valence-electron chi connectivity index (χ4n) is 2.83. The summed E-state index contributed by atoms with van der Waals surface area (Å²) in [7, 11) is -3.38. The Labute approximate surface area is 144 Å². The second-order valence-corrected chi connectivity index (χ2v) is 8.33. The predicted octanol–water partition coefficient (Wildman–Crippen LogP) is 1.82. The number of nitrogens with zero attached hydrogens (tertiary/aromatic N) is 2. The van der Waals surface area contributed by atoms with Crippen molar-refractivity contribution in [3.63, 3.8) is 0 Å². The molecule has 1 aliphatic carbocycles. The van der Waals surface area contributed by atoms with E-state index in [2.05, 4.69) is 14.6 Å². The van der Waals surface area contributed by atoms with Crippen molar-refractivity contribution in [3.05, 3.63) is 29.8 Å². The van der Waals surface area contributed by atoms with Crippen LogP contribution in [0.25, 0.3) is 0 Å². The Bertz CT molecular complexity index is 673. The number of hydrogen-bond donors (Lipinski definition) is 2. The summed E-state index contributed by atoms with van der Waals surface area (Å²) in [5.41, 5.74) is 7.05. The van der Waals surface area contributed by atoms with E-state index >= 15 is 0 Å². The smallest absolute Gasteiger partial charge is 0.240 e. The second kappa shape index (κ2) is 7.53. The Morgan fingerprint density at radius 1 is 1.12 bits per heavy atom. The molecule has 3 rings (SSSR count). The molecule has 1 saturated carbocycles. The van der Waals surface area contributed by atoms with E-state index in [0.717, 1.165) is 44.3 Å². The van der Waals surface area contributed by atoms with Crippen LogP contribution in [0.15, 0.2) is 34.2 Å². The topological polar surface area (TPSA) is 87.8 Å². The van der Waals surface area contributed by atoms with Gasteiger partial charge in [0.2, 0.25) is 10.0 Å². The maximum Gasteiger partial charge on any atom is 0.240 e. The molecule has 2 aliphatic rings. The molecule has 2 fully saturated rings. The zero-order valence-corrected chi connectivity index (χ0v) is 14.8. The van der Waals surface area contributed by atoms with Gasteiger partial charge in [-0.3, -0.25) is 0 Å². The minimum Gasteiger partial charge on any atom is -0.370 e. The first-order valence-corrected chi connectivity index (χ1v) is 10.2. The summed E-state index contributed by atoms with van der Waals surface area (Å²) in [4.78, 5) is 6.92. The van der Waals surface area contributed by atoms with Gasteiger partial charge in [-0.15, -0.1) is 0 Å². The molecule has 1 heterocycles. The van der Waals surface area contributed by atoms with Crippen LogP contribution in [-0.4, -0.2) is 38.4 Å². The van der Waals surface area contributed by atoms with Crippen LogP contribution < -0.4 is 10.5 Å². The summed E-state index contributed by atoms with van der Waals surface area (Å²) in [6, 6.07) is 7.00. The van der Waals surface area contributed by atoms with Gasteiger partial charge in [-0.05, 0) is 43.4 Å². The molecule has 6 nitrogen and oxygen atoms in total. The van der Waals surface area contributed by atoms with Gasteiger partial charge < -0.3 is 10.6 Å². The lowest BCUT2D eigenvalue weighted by Crippen LogP contribution is -2.38. The number of nitrogens with two attached hydrogens (primary N) is 1. The van der Waals surface area contributed by atoms with Crippen molar-refractivity contribution in [2.45, 2.75) is 56.0 Å². The van der Waals surface area contributed by atoms with Gasteiger partial charge in [-0.1, -0.05) is 25.0 Å². The molecule has 1 aromatic rings. The first-order chi connectivity index (χ1) is 11.5. The van der Waals surface area contributed by atoms with Crippen LogP contribution in [0.2, 0.25) is 0 Å². The van der Waals surface area contributed by atoms with Gasteiger partial charge in [0.15, 0.2) is 5.96 Å². The van der Waals surface area contributed by atoms with Crippen molar-refractivity contribution in [1.29, 1.82) is 0 Å². The van der Waals surface area contributed by atoms with E-state index in [1.807, 2.05) is 0 Å². The summed E-state index contributed by atoms with van der Waals surface area (Å²) in [5, 5.41) is 0. The third kappa shape index (κ3) is 4.70. The van der Waals surface area contributed by atoms with Gasteiger partial charge in [0, 0.05) is 19.1 Å². The summed E-state index contributed by atoms with van der Waals surface area (Å²) >= 11 is 0. The Kier molecular flexibility index (Phi) is 5.40. The summed E-state index contributed by atoms with van der Waals surface area (Å²) in [6.45, 7) is 2.41. The summed E-state index contributed by atoms with van der Waals surface area (Å²) in [6.07, 6.45) is 6.71. The summed E-state index contributed by atoms with van der Waals surface area (Å²) in [5.74, 6) is 0.587. The molecule has 1 saturated heterocycles. The number of sulfonamides is 1. The molecule has 0 bridgehead atoms. The van der Waals surface area contributed by atoms with Crippen LogP contribution in [0.4, 0.5) is 0 Å². The molecule has 0 amide bonds. The summed E-state index contributed by atoms with van der Waals surface area (Å²) < 4.78 is 27.0. The first-order valence-electron chi connectivity index (χ1n) is 8.71. The average molecular weight is 350 g/mol. The fourth-order valence-corrected chi connectivity index (χ4v) is 4.14. The highest BCUT2D eigenvalue weighted by Crippen LogP contribution is 2.22. The molecule has 24 heavy (non-hydrogen) atoms. The van der Waals surface area contributed by atoms with Crippen molar-refractivity contribution >= 4 is 16.0 Å². The molecular weight excluding hydrogens is 324 g/mol. The van der Waals surface area contributed by atoms with Crippen molar-refractivity contribution in [2.75, 3.05) is 13.1 Å². The third-order valence-corrected chi connectivity index (χ3v) is 6.02. The molecule has 1 aromatic carbocycles. The largest absolute Gasteiger partial charge is 0.370 e. The normalized spacial score (nSPS) is 20.0. The maximum atomic E-state index is 12.1. The molecule has 3 N–H and O–H groups in total. The highest BCUT2D eigenvalue weighted by Gasteiger charge is 2.27. The molecule has 1 aliphatic heterocycles. The van der Waals surface area contributed by atoms with Crippen molar-refractivity contribution < 1.29 is 8.42 Å². The monoisotopic (exact) mass is 350 g/mol. The number of hydrogen-bond acceptors (Lipinski definition) is 3. The lowest BCUT2D eigenvalue weighted by atomic mass is 10.2. The average Bonchev–Trinajstić information content (AvgIpc) is 3.39. The van der Waals surface area contributed by atoms with Crippen LogP contribution in [0.1, 0.15) is 44.1 Å². The van der Waals surface area contributed by atoms with Crippen molar-refractivity contribution in [3.8, 4) is 0 Å². The highest BCUT2D eigenvalue weighted by molar-refractivity contribution is 7.89. The second-order valence-electron chi connectivity index (χ2n) is 6.62. The van der Waals surface area contributed by atoms with Gasteiger partial charge in [0.1, 0.15) is 0 Å². The van der Waals surface area contributed by atoms with Gasteiger partial charge in [-0.25, -0.2) is 18.1 Å². The predicted molar refractivity (Wildman–Crippen MR) is 95.2 cm³/mol. The fraction of sp³-hybridized carbons (Fsp3) is 0.588. The lowest BCUT2D eigenvalue weighted by molar-refractivity contribution is 0.428. The quantitative estimate of drug-likeness (QED) is 0.626. The Morgan fingerprint density at radius 3 is 2.33 bits per heavy atom. The molecule has 0 radical (unpaired) electrons. The van der Waals surface area contributed by atoms with E-state index in [1.165, 1.54) is 12.8 Å². The van der Waals surface area contributed by atoms with E-state index in [-0.39, 0.29) is 6.04 Å². The zero-order chi connectivity index (χ0) is 17.0. The Morgan fingerprint density at radius 2 is 1.75 bits per heavy atom. The number of likely N-dealkylation sites (tertiary alicyclic amines) is 1. The molecule has 0 unspecified atom stereocenters. The molecule has 0 spiro atoms. The van der Waals surface area contributed by atoms with E-state index in [9.17, 15) is 8.42 Å². The van der Waals surface area contributed by atoms with Crippen LogP contribution >= 0.6 is 0 Å². The van der Waals surface area contributed by atoms with Crippen LogP contribution in [-0.2, 0) is 16.6 Å². The number of guanidine groups is 1. The molecule has 0 aromatic heterocycles. The van der Waals surface area contributed by atoms with Gasteiger partial charge >= 0.3 is 0 Å². The Balaban J connectivity index is 1.60. The molecular formula is C17H26N4O2S. The minimum absolute atomic E-state index is 0.118. The van der Waals surface area contributed by atoms with Crippen LogP contribution in [0, 0.1) is 0 Å². The van der Waals surface area contributed by atoms with E-state index in [4.69, 9.17) is 5.73 Å². The van der Waals surface area contributed by atoms with E-state index < -0.39 is 10.0 Å². The van der Waals surface area contributed by atoms with Crippen molar-refractivity contribution in [1.82, 2.24) is 9.62 Å². The number of benzene rings is 1. The lowest BCUT2D eigenvalue weighted by Gasteiger charge is -2.21. The van der Waals surface area contributed by atoms with Gasteiger partial charge in [-0.2, -0.15) is 0 Å². The third-order valence-electron chi connectivity index (χ3n) is 4.49. The maximum absolute atomic E-state index is 12.1. The van der Waals surface area contributed by atoms with Gasteiger partial charge in [0.05, 0.1) is 11.4 Å². The number of nitrogens with one attached hydrogen (secondary N) is 1.